The molecule has 1 heterocycles. The molecule has 20 heavy (non-hydrogen) atoms. The van der Waals surface area contributed by atoms with Gasteiger partial charge in [0.2, 0.25) is 0 Å². The summed E-state index contributed by atoms with van der Waals surface area (Å²) in [6.07, 6.45) is -2.78. The molecule has 1 aliphatic carbocycles. The van der Waals surface area contributed by atoms with Crippen molar-refractivity contribution in [1.82, 2.24) is 9.55 Å². The van der Waals surface area contributed by atoms with Crippen molar-refractivity contribution in [3.8, 4) is 0 Å². The Morgan fingerprint density at radius 1 is 1.30 bits per heavy atom. The summed E-state index contributed by atoms with van der Waals surface area (Å²) in [5.74, 6) is -0.0897. The van der Waals surface area contributed by atoms with E-state index in [1.165, 1.54) is 0 Å². The molecule has 1 aromatic heterocycles. The van der Waals surface area contributed by atoms with Crippen molar-refractivity contribution in [2.45, 2.75) is 44.4 Å². The minimum absolute atomic E-state index is 0.0860. The quantitative estimate of drug-likeness (QED) is 0.917. The first-order valence-corrected chi connectivity index (χ1v) is 6.56. The first-order chi connectivity index (χ1) is 9.22. The Kier molecular flexibility index (Phi) is 2.67. The van der Waals surface area contributed by atoms with Gasteiger partial charge >= 0.3 is 6.18 Å². The smallest absolute Gasteiger partial charge is 0.323 e. The number of hydrogen-bond acceptors (Lipinski definition) is 2. The van der Waals surface area contributed by atoms with E-state index >= 15 is 0 Å². The molecule has 1 aromatic carbocycles. The number of aromatic nitrogens is 2. The first kappa shape index (κ1) is 13.4. The average molecular weight is 283 g/mol. The van der Waals surface area contributed by atoms with Crippen LogP contribution in [-0.4, -0.2) is 15.7 Å². The molecule has 0 amide bonds. The van der Waals surface area contributed by atoms with Crippen LogP contribution < -0.4 is 5.73 Å². The maximum absolute atomic E-state index is 13.2. The van der Waals surface area contributed by atoms with Crippen molar-refractivity contribution < 1.29 is 13.2 Å². The Bertz CT molecular complexity index is 666. The zero-order valence-corrected chi connectivity index (χ0v) is 11.3. The van der Waals surface area contributed by atoms with Gasteiger partial charge in [-0.25, -0.2) is 4.98 Å². The lowest BCUT2D eigenvalue weighted by Crippen LogP contribution is -2.49. The van der Waals surface area contributed by atoms with E-state index in [1.807, 2.05) is 19.1 Å². The number of nitrogens with zero attached hydrogens (tertiary/aromatic N) is 2. The molecular formula is C14H16F3N3. The number of hydrogen-bond donors (Lipinski definition) is 1. The van der Waals surface area contributed by atoms with Crippen molar-refractivity contribution in [2.24, 2.45) is 5.73 Å². The van der Waals surface area contributed by atoms with Crippen LogP contribution in [-0.2, 0) is 5.54 Å². The topological polar surface area (TPSA) is 43.8 Å². The molecule has 1 fully saturated rings. The summed E-state index contributed by atoms with van der Waals surface area (Å²) in [6.45, 7) is 2.88. The number of alkyl halides is 3. The highest BCUT2D eigenvalue weighted by Gasteiger charge is 2.53. The zero-order valence-electron chi connectivity index (χ0n) is 11.3. The predicted molar refractivity (Wildman–Crippen MR) is 70.3 cm³/mol. The lowest BCUT2D eigenvalue weighted by Gasteiger charge is -2.27. The number of aryl methyl sites for hydroxylation is 1. The second kappa shape index (κ2) is 3.97. The third kappa shape index (κ3) is 1.90. The summed E-state index contributed by atoms with van der Waals surface area (Å²) in [5, 5.41) is 0. The third-order valence-corrected chi connectivity index (χ3v) is 3.81. The van der Waals surface area contributed by atoms with Crippen molar-refractivity contribution in [1.29, 1.82) is 0 Å². The minimum atomic E-state index is -4.53. The summed E-state index contributed by atoms with van der Waals surface area (Å²) >= 11 is 0. The Hall–Kier alpha value is -1.56. The second-order valence-corrected chi connectivity index (χ2v) is 5.73. The van der Waals surface area contributed by atoms with E-state index in [4.69, 9.17) is 5.73 Å². The number of fused-ring (bicyclic) bond motifs is 1. The third-order valence-electron chi connectivity index (χ3n) is 3.81. The van der Waals surface area contributed by atoms with Gasteiger partial charge in [0.05, 0.1) is 11.0 Å². The molecule has 0 radical (unpaired) electrons. The zero-order chi connectivity index (χ0) is 14.7. The molecule has 0 aliphatic heterocycles. The van der Waals surface area contributed by atoms with Gasteiger partial charge in [-0.3, -0.25) is 0 Å². The molecule has 2 aromatic rings. The molecule has 108 valence electrons. The molecule has 1 saturated carbocycles. The van der Waals surface area contributed by atoms with E-state index < -0.39 is 11.7 Å². The van der Waals surface area contributed by atoms with Crippen LogP contribution >= 0.6 is 0 Å². The van der Waals surface area contributed by atoms with E-state index in [2.05, 4.69) is 4.98 Å². The molecule has 2 N–H and O–H groups in total. The van der Waals surface area contributed by atoms with Gasteiger partial charge in [-0.1, -0.05) is 6.07 Å². The minimum Gasteiger partial charge on any atom is -0.323 e. The maximum Gasteiger partial charge on any atom is 0.413 e. The highest BCUT2D eigenvalue weighted by molar-refractivity contribution is 5.77. The molecule has 3 rings (SSSR count). The summed E-state index contributed by atoms with van der Waals surface area (Å²) in [4.78, 5) is 4.19. The van der Waals surface area contributed by atoms with Crippen LogP contribution in [0.1, 0.15) is 37.2 Å². The van der Waals surface area contributed by atoms with E-state index in [0.29, 0.717) is 5.52 Å². The van der Waals surface area contributed by atoms with Gasteiger partial charge in [0, 0.05) is 6.04 Å². The first-order valence-electron chi connectivity index (χ1n) is 6.56. The van der Waals surface area contributed by atoms with Gasteiger partial charge in [0.1, 0.15) is 5.82 Å². The summed E-state index contributed by atoms with van der Waals surface area (Å²) in [6, 6.07) is 5.59. The van der Waals surface area contributed by atoms with Crippen LogP contribution in [0.15, 0.2) is 18.2 Å². The summed E-state index contributed by atoms with van der Waals surface area (Å²) in [7, 11) is 0. The van der Waals surface area contributed by atoms with Crippen molar-refractivity contribution in [3.63, 3.8) is 0 Å². The van der Waals surface area contributed by atoms with Crippen LogP contribution in [0.5, 0.6) is 0 Å². The number of halogens is 3. The van der Waals surface area contributed by atoms with Crippen LogP contribution in [0.3, 0.4) is 0 Å². The Morgan fingerprint density at radius 2 is 1.95 bits per heavy atom. The molecule has 1 aliphatic rings. The van der Waals surface area contributed by atoms with Gasteiger partial charge < -0.3 is 10.3 Å². The summed E-state index contributed by atoms with van der Waals surface area (Å²) < 4.78 is 41.3. The number of benzene rings is 1. The van der Waals surface area contributed by atoms with Gasteiger partial charge in [-0.05, 0) is 44.4 Å². The van der Waals surface area contributed by atoms with Crippen LogP contribution in [0, 0.1) is 6.92 Å². The van der Waals surface area contributed by atoms with E-state index in [9.17, 15) is 13.2 Å². The lowest BCUT2D eigenvalue weighted by molar-refractivity contribution is -0.186. The Labute approximate surface area is 114 Å². The van der Waals surface area contributed by atoms with Crippen molar-refractivity contribution in [3.05, 3.63) is 29.6 Å². The van der Waals surface area contributed by atoms with Crippen LogP contribution in [0.4, 0.5) is 13.2 Å². The lowest BCUT2D eigenvalue weighted by atomic mass is 10.0. The van der Waals surface area contributed by atoms with E-state index in [-0.39, 0.29) is 11.9 Å². The van der Waals surface area contributed by atoms with Crippen molar-refractivity contribution >= 4 is 11.0 Å². The molecule has 6 heteroatoms. The predicted octanol–water partition coefficient (Wildman–Crippen LogP) is 3.42. The molecule has 3 nitrogen and oxygen atoms in total. The fourth-order valence-electron chi connectivity index (χ4n) is 2.40. The van der Waals surface area contributed by atoms with Gasteiger partial charge in [-0.2, -0.15) is 13.2 Å². The van der Waals surface area contributed by atoms with Crippen LogP contribution in [0.25, 0.3) is 11.0 Å². The van der Waals surface area contributed by atoms with Crippen LogP contribution in [0.2, 0.25) is 0 Å². The number of rotatable bonds is 2. The van der Waals surface area contributed by atoms with Gasteiger partial charge in [0.25, 0.3) is 0 Å². The van der Waals surface area contributed by atoms with Gasteiger partial charge in [-0.15, -0.1) is 0 Å². The Morgan fingerprint density at radius 3 is 2.50 bits per heavy atom. The molecule has 1 unspecified atom stereocenters. The molecule has 0 bridgehead atoms. The largest absolute Gasteiger partial charge is 0.413 e. The Balaban J connectivity index is 2.27. The number of imidazole rings is 1. The SMILES string of the molecule is Cc1ccc2c(c1)nc(C(C)(N)C(F)(F)F)n2C1CC1. The normalized spacial score (nSPS) is 19.3. The summed E-state index contributed by atoms with van der Waals surface area (Å²) in [5.41, 5.74) is 5.41. The molecular weight excluding hydrogens is 267 g/mol. The molecule has 0 saturated heterocycles. The van der Waals surface area contributed by atoms with E-state index in [0.717, 1.165) is 30.8 Å². The maximum atomic E-state index is 13.2. The van der Waals surface area contributed by atoms with E-state index in [1.54, 1.807) is 10.6 Å². The second-order valence-electron chi connectivity index (χ2n) is 5.73. The standard InChI is InChI=1S/C14H16F3N3/c1-8-3-6-11-10(7-8)19-12(20(11)9-4-5-9)13(2,18)14(15,16)17/h3,6-7,9H,4-5,18H2,1-2H3. The van der Waals surface area contributed by atoms with Crippen molar-refractivity contribution in [2.75, 3.05) is 0 Å². The fourth-order valence-corrected chi connectivity index (χ4v) is 2.40. The highest BCUT2D eigenvalue weighted by atomic mass is 19.4. The number of nitrogens with two attached hydrogens (primary N) is 1. The van der Waals surface area contributed by atoms with Gasteiger partial charge in [0.15, 0.2) is 5.54 Å². The fraction of sp³-hybridized carbons (Fsp3) is 0.500. The average Bonchev–Trinajstić information content (AvgIpc) is 3.08. The highest BCUT2D eigenvalue weighted by Crippen LogP contribution is 2.44. The molecule has 1 atom stereocenters. The monoisotopic (exact) mass is 283 g/mol. The molecule has 0 spiro atoms.